The van der Waals surface area contributed by atoms with Crippen molar-refractivity contribution in [3.63, 3.8) is 0 Å². The van der Waals surface area contributed by atoms with Crippen LogP contribution in [0.2, 0.25) is 0 Å². The predicted octanol–water partition coefficient (Wildman–Crippen LogP) is 4.35. The molecule has 0 radical (unpaired) electrons. The fourth-order valence-corrected chi connectivity index (χ4v) is 3.64. The van der Waals surface area contributed by atoms with Gasteiger partial charge in [0.15, 0.2) is 0 Å². The molecule has 0 amide bonds. The van der Waals surface area contributed by atoms with Crippen molar-refractivity contribution in [2.75, 3.05) is 7.11 Å². The minimum atomic E-state index is 0.601. The molecule has 2 nitrogen and oxygen atoms in total. The lowest BCUT2D eigenvalue weighted by atomic mass is 10.1. The summed E-state index contributed by atoms with van der Waals surface area (Å²) in [6.07, 6.45) is 3.72. The van der Waals surface area contributed by atoms with Crippen molar-refractivity contribution in [3.05, 3.63) is 58.7 Å². The third kappa shape index (κ3) is 3.06. The Morgan fingerprint density at radius 2 is 2.00 bits per heavy atom. The number of rotatable bonds is 4. The molecule has 106 valence electrons. The lowest BCUT2D eigenvalue weighted by Crippen LogP contribution is -1.90. The molecule has 0 spiro atoms. The van der Waals surface area contributed by atoms with Crippen LogP contribution in [0.4, 0.5) is 0 Å². The lowest BCUT2D eigenvalue weighted by Gasteiger charge is -2.07. The van der Waals surface area contributed by atoms with Crippen molar-refractivity contribution in [1.29, 1.82) is 5.26 Å². The van der Waals surface area contributed by atoms with Crippen LogP contribution in [-0.4, -0.2) is 7.11 Å². The van der Waals surface area contributed by atoms with Gasteiger partial charge in [-0.1, -0.05) is 12.1 Å². The molecule has 0 bridgehead atoms. The number of aryl methyl sites for hydroxylation is 2. The lowest BCUT2D eigenvalue weighted by molar-refractivity contribution is 0.413. The highest BCUT2D eigenvalue weighted by molar-refractivity contribution is 7.98. The van der Waals surface area contributed by atoms with Crippen molar-refractivity contribution in [2.24, 2.45) is 0 Å². The zero-order chi connectivity index (χ0) is 14.7. The van der Waals surface area contributed by atoms with Crippen LogP contribution >= 0.6 is 11.8 Å². The Morgan fingerprint density at radius 3 is 2.81 bits per heavy atom. The summed E-state index contributed by atoms with van der Waals surface area (Å²) in [5.74, 6) is 1.51. The van der Waals surface area contributed by atoms with Crippen molar-refractivity contribution in [2.45, 2.75) is 29.9 Å². The number of ether oxygens (including phenoxy) is 1. The average Bonchev–Trinajstić information content (AvgIpc) is 3.00. The fraction of sp³-hybridized carbons (Fsp3) is 0.278. The first kappa shape index (κ1) is 14.0. The van der Waals surface area contributed by atoms with E-state index in [4.69, 9.17) is 10.00 Å². The van der Waals surface area contributed by atoms with Gasteiger partial charge in [-0.2, -0.15) is 5.26 Å². The van der Waals surface area contributed by atoms with Crippen LogP contribution in [0.1, 0.15) is 28.7 Å². The number of hydrogen-bond donors (Lipinski definition) is 0. The van der Waals surface area contributed by atoms with Gasteiger partial charge in [-0.05, 0) is 60.2 Å². The van der Waals surface area contributed by atoms with Crippen LogP contribution in [0.25, 0.3) is 0 Å². The zero-order valence-electron chi connectivity index (χ0n) is 12.1. The minimum absolute atomic E-state index is 0.601. The topological polar surface area (TPSA) is 33.0 Å². The van der Waals surface area contributed by atoms with E-state index in [2.05, 4.69) is 24.3 Å². The predicted molar refractivity (Wildman–Crippen MR) is 85.7 cm³/mol. The van der Waals surface area contributed by atoms with Crippen molar-refractivity contribution >= 4 is 11.8 Å². The van der Waals surface area contributed by atoms with E-state index in [9.17, 15) is 0 Å². The van der Waals surface area contributed by atoms with Crippen LogP contribution < -0.4 is 4.74 Å². The maximum Gasteiger partial charge on any atom is 0.136 e. The molecule has 2 aromatic carbocycles. The number of nitrogens with zero attached hydrogens (tertiary/aromatic N) is 1. The molecule has 0 saturated carbocycles. The smallest absolute Gasteiger partial charge is 0.136 e. The molecular weight excluding hydrogens is 278 g/mol. The van der Waals surface area contributed by atoms with Gasteiger partial charge in [-0.3, -0.25) is 0 Å². The third-order valence-corrected chi connectivity index (χ3v) is 4.92. The largest absolute Gasteiger partial charge is 0.495 e. The van der Waals surface area contributed by atoms with E-state index in [0.29, 0.717) is 11.3 Å². The van der Waals surface area contributed by atoms with E-state index < -0.39 is 0 Å². The van der Waals surface area contributed by atoms with Crippen molar-refractivity contribution in [3.8, 4) is 11.8 Å². The number of hydrogen-bond acceptors (Lipinski definition) is 3. The molecule has 1 aliphatic carbocycles. The molecule has 0 fully saturated rings. The van der Waals surface area contributed by atoms with E-state index in [1.54, 1.807) is 7.11 Å². The Bertz CT molecular complexity index is 703. The highest BCUT2D eigenvalue weighted by Crippen LogP contribution is 2.30. The SMILES string of the molecule is COc1ccc(CSc2ccc3c(c2)CCC3)cc1C#N. The quantitative estimate of drug-likeness (QED) is 0.786. The first-order valence-electron chi connectivity index (χ1n) is 7.12. The molecule has 21 heavy (non-hydrogen) atoms. The van der Waals surface area contributed by atoms with E-state index in [1.807, 2.05) is 30.0 Å². The highest BCUT2D eigenvalue weighted by Gasteiger charge is 2.11. The molecular formula is C18H17NOS. The number of benzene rings is 2. The molecule has 0 aliphatic heterocycles. The number of nitriles is 1. The Labute approximate surface area is 129 Å². The van der Waals surface area contributed by atoms with Crippen LogP contribution in [0.5, 0.6) is 5.75 Å². The molecule has 0 unspecified atom stereocenters. The van der Waals surface area contributed by atoms with Gasteiger partial charge in [0.1, 0.15) is 11.8 Å². The Kier molecular flexibility index (Phi) is 4.17. The summed E-state index contributed by atoms with van der Waals surface area (Å²) < 4.78 is 5.18. The summed E-state index contributed by atoms with van der Waals surface area (Å²) >= 11 is 1.82. The van der Waals surface area contributed by atoms with E-state index in [0.717, 1.165) is 11.3 Å². The second-order valence-electron chi connectivity index (χ2n) is 5.22. The van der Waals surface area contributed by atoms with E-state index in [1.165, 1.54) is 35.3 Å². The second-order valence-corrected chi connectivity index (χ2v) is 6.27. The zero-order valence-corrected chi connectivity index (χ0v) is 12.9. The first-order valence-corrected chi connectivity index (χ1v) is 8.10. The van der Waals surface area contributed by atoms with Gasteiger partial charge >= 0.3 is 0 Å². The number of fused-ring (bicyclic) bond motifs is 1. The molecule has 0 N–H and O–H groups in total. The number of methoxy groups -OCH3 is 1. The number of thioether (sulfide) groups is 1. The van der Waals surface area contributed by atoms with Gasteiger partial charge in [-0.15, -0.1) is 11.8 Å². The highest BCUT2D eigenvalue weighted by atomic mass is 32.2. The first-order chi connectivity index (χ1) is 10.3. The van der Waals surface area contributed by atoms with Gasteiger partial charge in [0, 0.05) is 10.6 Å². The molecule has 2 aromatic rings. The fourth-order valence-electron chi connectivity index (χ4n) is 2.74. The normalized spacial score (nSPS) is 12.8. The Hall–Kier alpha value is -1.92. The van der Waals surface area contributed by atoms with E-state index >= 15 is 0 Å². The molecule has 0 aromatic heterocycles. The molecule has 0 saturated heterocycles. The molecule has 1 aliphatic rings. The summed E-state index contributed by atoms with van der Waals surface area (Å²) in [4.78, 5) is 1.31. The van der Waals surface area contributed by atoms with E-state index in [-0.39, 0.29) is 0 Å². The van der Waals surface area contributed by atoms with Gasteiger partial charge in [0.05, 0.1) is 12.7 Å². The van der Waals surface area contributed by atoms with Gasteiger partial charge in [0.25, 0.3) is 0 Å². The Balaban J connectivity index is 1.72. The maximum absolute atomic E-state index is 9.13. The summed E-state index contributed by atoms with van der Waals surface area (Å²) in [5.41, 5.74) is 4.77. The van der Waals surface area contributed by atoms with Crippen molar-refractivity contribution < 1.29 is 4.74 Å². The molecule has 3 rings (SSSR count). The van der Waals surface area contributed by atoms with Gasteiger partial charge in [0.2, 0.25) is 0 Å². The van der Waals surface area contributed by atoms with Gasteiger partial charge in [-0.25, -0.2) is 0 Å². The summed E-state index contributed by atoms with van der Waals surface area (Å²) in [5, 5.41) is 9.13. The van der Waals surface area contributed by atoms with Crippen LogP contribution in [-0.2, 0) is 18.6 Å². The monoisotopic (exact) mass is 295 g/mol. The Morgan fingerprint density at radius 1 is 1.14 bits per heavy atom. The van der Waals surface area contributed by atoms with Crippen LogP contribution in [0.3, 0.4) is 0 Å². The minimum Gasteiger partial charge on any atom is -0.495 e. The molecule has 0 heterocycles. The third-order valence-electron chi connectivity index (χ3n) is 3.86. The average molecular weight is 295 g/mol. The second kappa shape index (κ2) is 6.24. The van der Waals surface area contributed by atoms with Crippen LogP contribution in [0, 0.1) is 11.3 Å². The molecule has 3 heteroatoms. The van der Waals surface area contributed by atoms with Crippen LogP contribution in [0.15, 0.2) is 41.3 Å². The summed E-state index contributed by atoms with van der Waals surface area (Å²) in [6.45, 7) is 0. The van der Waals surface area contributed by atoms with Crippen molar-refractivity contribution in [1.82, 2.24) is 0 Å². The van der Waals surface area contributed by atoms with Gasteiger partial charge < -0.3 is 4.74 Å². The maximum atomic E-state index is 9.13. The summed E-state index contributed by atoms with van der Waals surface area (Å²) in [7, 11) is 1.59. The molecule has 0 atom stereocenters. The summed E-state index contributed by atoms with van der Waals surface area (Å²) in [6, 6.07) is 14.8. The standard InChI is InChI=1S/C18H17NOS/c1-20-18-8-5-13(9-16(18)11-19)12-21-17-7-6-14-3-2-4-15(14)10-17/h5-10H,2-4,12H2,1H3.